The van der Waals surface area contributed by atoms with E-state index in [0.29, 0.717) is 17.0 Å². The van der Waals surface area contributed by atoms with Crippen LogP contribution in [0.25, 0.3) is 0 Å². The molecule has 0 saturated heterocycles. The van der Waals surface area contributed by atoms with Crippen LogP contribution < -0.4 is 11.2 Å². The second-order valence-electron chi connectivity index (χ2n) is 6.45. The van der Waals surface area contributed by atoms with Gasteiger partial charge in [-0.25, -0.2) is 4.79 Å². The summed E-state index contributed by atoms with van der Waals surface area (Å²) in [6, 6.07) is 7.04. The van der Waals surface area contributed by atoms with Crippen molar-refractivity contribution < 1.29 is 14.6 Å². The van der Waals surface area contributed by atoms with Gasteiger partial charge in [-0.1, -0.05) is 12.8 Å². The number of carboxylic acids is 1. The quantitative estimate of drug-likeness (QED) is 0.773. The fourth-order valence-corrected chi connectivity index (χ4v) is 3.25. The van der Waals surface area contributed by atoms with Crippen LogP contribution in [0.2, 0.25) is 0 Å². The summed E-state index contributed by atoms with van der Waals surface area (Å²) in [5.41, 5.74) is 9.34. The van der Waals surface area contributed by atoms with Crippen molar-refractivity contribution in [2.45, 2.75) is 50.3 Å². The molecule has 2 unspecified atom stereocenters. The van der Waals surface area contributed by atoms with Crippen LogP contribution in [-0.2, 0) is 10.2 Å². The highest BCUT2D eigenvalue weighted by Crippen LogP contribution is 2.41. The Kier molecular flexibility index (Phi) is 4.16. The lowest BCUT2D eigenvalue weighted by atomic mass is 9.79. The minimum atomic E-state index is -1.04. The second-order valence-corrected chi connectivity index (χ2v) is 6.45. The van der Waals surface area contributed by atoms with Gasteiger partial charge in [0.2, 0.25) is 12.1 Å². The number of benzene rings is 1. The van der Waals surface area contributed by atoms with Gasteiger partial charge in [0.15, 0.2) is 0 Å². The highest BCUT2D eigenvalue weighted by molar-refractivity contribution is 5.98. The lowest BCUT2D eigenvalue weighted by Crippen LogP contribution is -2.39. The molecule has 2 atom stereocenters. The van der Waals surface area contributed by atoms with Crippen molar-refractivity contribution in [3.05, 3.63) is 34.9 Å². The highest BCUT2D eigenvalue weighted by atomic mass is 16.5. The van der Waals surface area contributed by atoms with Crippen LogP contribution in [0.1, 0.15) is 54.1 Å². The van der Waals surface area contributed by atoms with Gasteiger partial charge < -0.3 is 15.6 Å². The molecular weight excluding hydrogens is 308 g/mol. The van der Waals surface area contributed by atoms with Crippen molar-refractivity contribution in [2.75, 3.05) is 0 Å². The number of hydrazone groups is 1. The monoisotopic (exact) mass is 328 g/mol. The lowest BCUT2D eigenvalue weighted by Gasteiger charge is -2.22. The summed E-state index contributed by atoms with van der Waals surface area (Å²) in [6.45, 7) is 1.79. The molecule has 1 saturated carbocycles. The van der Waals surface area contributed by atoms with Gasteiger partial charge in [0.1, 0.15) is 0 Å². The van der Waals surface area contributed by atoms with E-state index in [9.17, 15) is 15.2 Å². The van der Waals surface area contributed by atoms with Gasteiger partial charge in [-0.2, -0.15) is 5.26 Å². The molecule has 1 aromatic rings. The molecule has 1 aliphatic heterocycles. The average molecular weight is 328 g/mol. The van der Waals surface area contributed by atoms with E-state index in [0.717, 1.165) is 25.7 Å². The van der Waals surface area contributed by atoms with Gasteiger partial charge in [-0.3, -0.25) is 5.43 Å². The normalized spacial score (nSPS) is 22.9. The van der Waals surface area contributed by atoms with Gasteiger partial charge in [0, 0.05) is 5.56 Å². The lowest BCUT2D eigenvalue weighted by molar-refractivity contribution is 0.0696. The SMILES string of the molecule is CC(N)C1NN=C(c2cc(C(=O)O)cc(C3(C#N)CCCC3)c2)O1. The van der Waals surface area contributed by atoms with Crippen molar-refractivity contribution in [2.24, 2.45) is 10.8 Å². The number of nitrogens with two attached hydrogens (primary N) is 1. The van der Waals surface area contributed by atoms with Crippen LogP contribution in [0.15, 0.2) is 23.3 Å². The summed E-state index contributed by atoms with van der Waals surface area (Å²) in [5, 5.41) is 23.2. The van der Waals surface area contributed by atoms with E-state index in [-0.39, 0.29) is 11.6 Å². The van der Waals surface area contributed by atoms with Crippen LogP contribution in [0.3, 0.4) is 0 Å². The third-order valence-electron chi connectivity index (χ3n) is 4.66. The van der Waals surface area contributed by atoms with Crippen LogP contribution in [-0.4, -0.2) is 29.2 Å². The summed E-state index contributed by atoms with van der Waals surface area (Å²) in [5.74, 6) is -0.743. The molecule has 0 amide bonds. The Labute approximate surface area is 140 Å². The number of nitriles is 1. The first-order valence-corrected chi connectivity index (χ1v) is 8.01. The number of carbonyl (C=O) groups is 1. The Bertz CT molecular complexity index is 730. The van der Waals surface area contributed by atoms with Gasteiger partial charge in [0.25, 0.3) is 0 Å². The largest absolute Gasteiger partial charge is 0.478 e. The van der Waals surface area contributed by atoms with Crippen molar-refractivity contribution >= 4 is 11.9 Å². The number of nitrogens with one attached hydrogen (secondary N) is 1. The zero-order valence-corrected chi connectivity index (χ0v) is 13.5. The van der Waals surface area contributed by atoms with Crippen molar-refractivity contribution in [1.82, 2.24) is 5.43 Å². The first-order valence-electron chi connectivity index (χ1n) is 8.01. The second kappa shape index (κ2) is 6.13. The Morgan fingerprint density at radius 2 is 2.21 bits per heavy atom. The summed E-state index contributed by atoms with van der Waals surface area (Å²) in [6.07, 6.45) is 2.95. The fraction of sp³-hybridized carbons (Fsp3) is 0.471. The molecule has 1 aliphatic carbocycles. The number of carboxylic acid groups (broad SMARTS) is 1. The van der Waals surface area contributed by atoms with E-state index in [4.69, 9.17) is 10.5 Å². The molecular formula is C17H20N4O3. The highest BCUT2D eigenvalue weighted by Gasteiger charge is 2.37. The van der Waals surface area contributed by atoms with E-state index < -0.39 is 17.6 Å². The molecule has 1 heterocycles. The molecule has 2 aliphatic rings. The Morgan fingerprint density at radius 1 is 1.50 bits per heavy atom. The molecule has 7 nitrogen and oxygen atoms in total. The number of nitrogens with zero attached hydrogens (tertiary/aromatic N) is 2. The van der Waals surface area contributed by atoms with Crippen LogP contribution in [0.5, 0.6) is 0 Å². The topological polar surface area (TPSA) is 121 Å². The molecule has 1 fully saturated rings. The predicted molar refractivity (Wildman–Crippen MR) is 87.4 cm³/mol. The van der Waals surface area contributed by atoms with E-state index >= 15 is 0 Å². The molecule has 0 bridgehead atoms. The summed E-state index contributed by atoms with van der Waals surface area (Å²) in [7, 11) is 0. The number of rotatable bonds is 4. The van der Waals surface area contributed by atoms with Crippen molar-refractivity contribution in [1.29, 1.82) is 5.26 Å². The maximum atomic E-state index is 11.5. The van der Waals surface area contributed by atoms with Crippen molar-refractivity contribution in [3.8, 4) is 6.07 Å². The Hall–Kier alpha value is -2.59. The van der Waals surface area contributed by atoms with Gasteiger partial charge >= 0.3 is 5.97 Å². The predicted octanol–water partition coefficient (Wildman–Crippen LogP) is 1.67. The van der Waals surface area contributed by atoms with Crippen LogP contribution >= 0.6 is 0 Å². The summed E-state index contributed by atoms with van der Waals surface area (Å²) < 4.78 is 5.67. The molecule has 0 radical (unpaired) electrons. The number of hydrogen-bond acceptors (Lipinski definition) is 6. The van der Waals surface area contributed by atoms with Crippen LogP contribution in [0, 0.1) is 11.3 Å². The minimum Gasteiger partial charge on any atom is -0.478 e. The third kappa shape index (κ3) is 2.81. The number of hydrogen-bond donors (Lipinski definition) is 3. The number of ether oxygens (including phenoxy) is 1. The average Bonchev–Trinajstić information content (AvgIpc) is 3.24. The maximum absolute atomic E-state index is 11.5. The zero-order valence-electron chi connectivity index (χ0n) is 13.5. The molecule has 3 rings (SSSR count). The Morgan fingerprint density at radius 3 is 2.75 bits per heavy atom. The van der Waals surface area contributed by atoms with Gasteiger partial charge in [-0.15, -0.1) is 5.10 Å². The van der Waals surface area contributed by atoms with Crippen molar-refractivity contribution in [3.63, 3.8) is 0 Å². The summed E-state index contributed by atoms with van der Waals surface area (Å²) >= 11 is 0. The van der Waals surface area contributed by atoms with E-state index in [1.807, 2.05) is 6.07 Å². The van der Waals surface area contributed by atoms with Gasteiger partial charge in [-0.05, 0) is 43.5 Å². The standard InChI is InChI=1S/C17H20N4O3/c1-10(19)14-20-21-15(24-14)11-6-12(16(22)23)8-13(7-11)17(9-18)4-2-3-5-17/h6-8,10,14,20H,2-5,19H2,1H3,(H,22,23). The maximum Gasteiger partial charge on any atom is 0.335 e. The Balaban J connectivity index is 2.02. The molecule has 4 N–H and O–H groups in total. The first-order chi connectivity index (χ1) is 11.4. The molecule has 24 heavy (non-hydrogen) atoms. The molecule has 0 spiro atoms. The molecule has 126 valence electrons. The van der Waals surface area contributed by atoms with E-state index in [2.05, 4.69) is 16.6 Å². The summed E-state index contributed by atoms with van der Waals surface area (Å²) in [4.78, 5) is 11.5. The first kappa shape index (κ1) is 16.3. The van der Waals surface area contributed by atoms with Gasteiger partial charge in [0.05, 0.1) is 23.1 Å². The minimum absolute atomic E-state index is 0.125. The molecule has 0 aromatic heterocycles. The third-order valence-corrected chi connectivity index (χ3v) is 4.66. The van der Waals surface area contributed by atoms with E-state index in [1.165, 1.54) is 6.07 Å². The fourth-order valence-electron chi connectivity index (χ4n) is 3.25. The molecule has 1 aromatic carbocycles. The number of aromatic carboxylic acids is 1. The zero-order chi connectivity index (χ0) is 17.3. The van der Waals surface area contributed by atoms with Crippen LogP contribution in [0.4, 0.5) is 0 Å². The smallest absolute Gasteiger partial charge is 0.335 e. The van der Waals surface area contributed by atoms with E-state index in [1.54, 1.807) is 13.0 Å². The molecule has 7 heteroatoms.